The van der Waals surface area contributed by atoms with E-state index in [4.69, 9.17) is 9.47 Å². The fourth-order valence-electron chi connectivity index (χ4n) is 1.59. The van der Waals surface area contributed by atoms with Crippen molar-refractivity contribution < 1.29 is 14.3 Å². The predicted molar refractivity (Wildman–Crippen MR) is 58.8 cm³/mol. The zero-order valence-corrected chi connectivity index (χ0v) is 9.02. The van der Waals surface area contributed by atoms with Crippen LogP contribution in [-0.4, -0.2) is 31.8 Å². The third-order valence-electron chi connectivity index (χ3n) is 2.35. The Bertz CT molecular complexity index is 339. The normalized spacial score (nSPS) is 20.5. The highest BCUT2D eigenvalue weighted by molar-refractivity contribution is 5.78. The first-order valence-electron chi connectivity index (χ1n) is 5.33. The van der Waals surface area contributed by atoms with Crippen molar-refractivity contribution in [2.75, 3.05) is 19.8 Å². The lowest BCUT2D eigenvalue weighted by atomic mass is 10.2. The highest BCUT2D eigenvalue weighted by Crippen LogP contribution is 2.02. The van der Waals surface area contributed by atoms with Crippen molar-refractivity contribution in [3.8, 4) is 0 Å². The second-order valence-electron chi connectivity index (χ2n) is 3.78. The molecule has 0 spiro atoms. The maximum atomic E-state index is 11.0. The van der Waals surface area contributed by atoms with E-state index < -0.39 is 0 Å². The molecule has 1 amide bonds. The summed E-state index contributed by atoms with van der Waals surface area (Å²) in [6.45, 7) is 1.74. The average molecular weight is 221 g/mol. The Kier molecular flexibility index (Phi) is 3.91. The number of rotatable bonds is 4. The fourth-order valence-corrected chi connectivity index (χ4v) is 1.59. The van der Waals surface area contributed by atoms with Gasteiger partial charge in [0.05, 0.1) is 25.9 Å². The first kappa shape index (κ1) is 11.1. The van der Waals surface area contributed by atoms with Crippen molar-refractivity contribution in [1.29, 1.82) is 0 Å². The number of morpholine rings is 1. The maximum absolute atomic E-state index is 11.0. The number of carbonyl (C=O) groups is 1. The molecule has 0 aliphatic carbocycles. The van der Waals surface area contributed by atoms with Crippen LogP contribution in [0.15, 0.2) is 30.3 Å². The summed E-state index contributed by atoms with van der Waals surface area (Å²) in [6.07, 6.45) is 0. The Hall–Kier alpha value is -1.39. The zero-order valence-electron chi connectivity index (χ0n) is 9.02. The largest absolute Gasteiger partial charge is 0.375 e. The first-order chi connectivity index (χ1) is 7.84. The van der Waals surface area contributed by atoms with Crippen LogP contribution in [0.4, 0.5) is 0 Å². The summed E-state index contributed by atoms with van der Waals surface area (Å²) in [5, 5.41) is 2.81. The third kappa shape index (κ3) is 3.32. The van der Waals surface area contributed by atoms with E-state index in [1.54, 1.807) is 0 Å². The number of hydrogen-bond donors (Lipinski definition) is 1. The van der Waals surface area contributed by atoms with Gasteiger partial charge in [0.15, 0.2) is 0 Å². The van der Waals surface area contributed by atoms with Crippen LogP contribution in [0.25, 0.3) is 0 Å². The highest BCUT2D eigenvalue weighted by Gasteiger charge is 2.18. The molecule has 1 aliphatic rings. The molecule has 86 valence electrons. The lowest BCUT2D eigenvalue weighted by Crippen LogP contribution is -2.47. The molecule has 1 unspecified atom stereocenters. The summed E-state index contributed by atoms with van der Waals surface area (Å²) in [5.74, 6) is -0.0699. The van der Waals surface area contributed by atoms with E-state index in [-0.39, 0.29) is 18.6 Å². The van der Waals surface area contributed by atoms with Crippen molar-refractivity contribution in [2.45, 2.75) is 12.6 Å². The van der Waals surface area contributed by atoms with Crippen molar-refractivity contribution in [3.05, 3.63) is 35.9 Å². The summed E-state index contributed by atoms with van der Waals surface area (Å²) >= 11 is 0. The van der Waals surface area contributed by atoms with Gasteiger partial charge in [-0.15, -0.1) is 0 Å². The van der Waals surface area contributed by atoms with Crippen LogP contribution in [0.2, 0.25) is 0 Å². The molecule has 1 fully saturated rings. The molecule has 0 aromatic heterocycles. The summed E-state index contributed by atoms with van der Waals surface area (Å²) in [5.41, 5.74) is 1.13. The van der Waals surface area contributed by atoms with Gasteiger partial charge < -0.3 is 14.8 Å². The predicted octanol–water partition coefficient (Wildman–Crippen LogP) is 0.718. The molecule has 1 aromatic carbocycles. The van der Waals surface area contributed by atoms with Gasteiger partial charge >= 0.3 is 0 Å². The summed E-state index contributed by atoms with van der Waals surface area (Å²) in [4.78, 5) is 11.0. The molecule has 1 atom stereocenters. The molecule has 4 nitrogen and oxygen atoms in total. The van der Waals surface area contributed by atoms with Gasteiger partial charge in [-0.2, -0.15) is 0 Å². The molecule has 1 aromatic rings. The van der Waals surface area contributed by atoms with Crippen molar-refractivity contribution >= 4 is 5.91 Å². The number of benzene rings is 1. The lowest BCUT2D eigenvalue weighted by Gasteiger charge is -2.23. The standard InChI is InChI=1S/C12H15NO3/c14-12-9-16-8-11(13-12)7-15-6-10-4-2-1-3-5-10/h1-5,11H,6-9H2,(H,13,14). The van der Waals surface area contributed by atoms with Gasteiger partial charge in [0.25, 0.3) is 0 Å². The van der Waals surface area contributed by atoms with Gasteiger partial charge in [0, 0.05) is 0 Å². The van der Waals surface area contributed by atoms with Crippen LogP contribution in [-0.2, 0) is 20.9 Å². The molecule has 0 radical (unpaired) electrons. The van der Waals surface area contributed by atoms with Crippen LogP contribution in [0, 0.1) is 0 Å². The van der Waals surface area contributed by atoms with E-state index in [0.717, 1.165) is 5.56 Å². The Morgan fingerprint density at radius 2 is 2.19 bits per heavy atom. The Morgan fingerprint density at radius 1 is 1.38 bits per heavy atom. The molecule has 1 aliphatic heterocycles. The van der Waals surface area contributed by atoms with E-state index in [0.29, 0.717) is 19.8 Å². The van der Waals surface area contributed by atoms with E-state index in [1.165, 1.54) is 0 Å². The Morgan fingerprint density at radius 3 is 2.94 bits per heavy atom. The molecule has 1 heterocycles. The minimum atomic E-state index is -0.0699. The van der Waals surface area contributed by atoms with Gasteiger partial charge in [0.2, 0.25) is 5.91 Å². The summed E-state index contributed by atoms with van der Waals surface area (Å²) in [7, 11) is 0. The monoisotopic (exact) mass is 221 g/mol. The third-order valence-corrected chi connectivity index (χ3v) is 2.35. The lowest BCUT2D eigenvalue weighted by molar-refractivity contribution is -0.132. The van der Waals surface area contributed by atoms with Gasteiger partial charge in [0.1, 0.15) is 6.61 Å². The van der Waals surface area contributed by atoms with Crippen molar-refractivity contribution in [1.82, 2.24) is 5.32 Å². The molecule has 1 N–H and O–H groups in total. The SMILES string of the molecule is O=C1COCC(COCc2ccccc2)N1. The molecular weight excluding hydrogens is 206 g/mol. The molecule has 0 bridgehead atoms. The zero-order chi connectivity index (χ0) is 11.2. The highest BCUT2D eigenvalue weighted by atomic mass is 16.5. The van der Waals surface area contributed by atoms with Crippen LogP contribution >= 0.6 is 0 Å². The maximum Gasteiger partial charge on any atom is 0.246 e. The number of hydrogen-bond acceptors (Lipinski definition) is 3. The molecule has 0 saturated carbocycles. The Balaban J connectivity index is 1.70. The molecule has 1 saturated heterocycles. The van der Waals surface area contributed by atoms with Gasteiger partial charge in [-0.25, -0.2) is 0 Å². The fraction of sp³-hybridized carbons (Fsp3) is 0.417. The van der Waals surface area contributed by atoms with Crippen molar-refractivity contribution in [2.24, 2.45) is 0 Å². The van der Waals surface area contributed by atoms with E-state index >= 15 is 0 Å². The number of carbonyl (C=O) groups excluding carboxylic acids is 1. The van der Waals surface area contributed by atoms with E-state index in [2.05, 4.69) is 5.32 Å². The average Bonchev–Trinajstić information content (AvgIpc) is 2.30. The topological polar surface area (TPSA) is 47.6 Å². The van der Waals surface area contributed by atoms with Crippen molar-refractivity contribution in [3.63, 3.8) is 0 Å². The van der Waals surface area contributed by atoms with Gasteiger partial charge in [-0.1, -0.05) is 30.3 Å². The van der Waals surface area contributed by atoms with Crippen LogP contribution in [0.5, 0.6) is 0 Å². The van der Waals surface area contributed by atoms with Gasteiger partial charge in [-0.3, -0.25) is 4.79 Å². The minimum Gasteiger partial charge on any atom is -0.375 e. The van der Waals surface area contributed by atoms with E-state index in [9.17, 15) is 4.79 Å². The second-order valence-corrected chi connectivity index (χ2v) is 3.78. The number of ether oxygens (including phenoxy) is 2. The van der Waals surface area contributed by atoms with E-state index in [1.807, 2.05) is 30.3 Å². The van der Waals surface area contributed by atoms with Crippen LogP contribution in [0.1, 0.15) is 5.56 Å². The summed E-state index contributed by atoms with van der Waals surface area (Å²) < 4.78 is 10.6. The number of amides is 1. The minimum absolute atomic E-state index is 0.0232. The molecule has 16 heavy (non-hydrogen) atoms. The second kappa shape index (κ2) is 5.63. The molecule has 4 heteroatoms. The number of nitrogens with one attached hydrogen (secondary N) is 1. The first-order valence-corrected chi connectivity index (χ1v) is 5.33. The summed E-state index contributed by atoms with van der Waals surface area (Å²) in [6, 6.07) is 9.92. The molecular formula is C12H15NO3. The molecule has 2 rings (SSSR count). The van der Waals surface area contributed by atoms with Crippen LogP contribution < -0.4 is 5.32 Å². The smallest absolute Gasteiger partial charge is 0.246 e. The van der Waals surface area contributed by atoms with Gasteiger partial charge in [-0.05, 0) is 5.56 Å². The quantitative estimate of drug-likeness (QED) is 0.815. The Labute approximate surface area is 94.6 Å². The van der Waals surface area contributed by atoms with Crippen LogP contribution in [0.3, 0.4) is 0 Å².